The van der Waals surface area contributed by atoms with E-state index in [9.17, 15) is 18.0 Å². The molecule has 0 bridgehead atoms. The van der Waals surface area contributed by atoms with Gasteiger partial charge in [-0.3, -0.25) is 4.79 Å². The Morgan fingerprint density at radius 2 is 1.61 bits per heavy atom. The van der Waals surface area contributed by atoms with Crippen molar-refractivity contribution in [2.75, 3.05) is 5.32 Å². The molecule has 142 valence electrons. The van der Waals surface area contributed by atoms with Crippen molar-refractivity contribution in [3.8, 4) is 0 Å². The van der Waals surface area contributed by atoms with E-state index in [1.807, 2.05) is 30.3 Å². The Hall–Kier alpha value is -3.28. The summed E-state index contributed by atoms with van der Waals surface area (Å²) in [4.78, 5) is 12.9. The monoisotopic (exact) mass is 382 g/mol. The second-order valence-corrected chi connectivity index (χ2v) is 6.74. The van der Waals surface area contributed by atoms with Crippen LogP contribution in [-0.4, -0.2) is 11.9 Å². The smallest absolute Gasteiger partial charge is 0.243 e. The standard InChI is InChI=1S/C22H17F3N2O/c23-15-6-7-19-18(11-15)20(14-4-2-1-3-5-14)21(27-19)22(28)26-12-13-8-16(24)10-17(25)9-13/h1-11,20-21,27H,12H2,(H,26,28). The van der Waals surface area contributed by atoms with Gasteiger partial charge < -0.3 is 10.6 Å². The number of hydrogen-bond donors (Lipinski definition) is 2. The first kappa shape index (κ1) is 18.1. The molecule has 3 aromatic rings. The van der Waals surface area contributed by atoms with Crippen LogP contribution >= 0.6 is 0 Å². The summed E-state index contributed by atoms with van der Waals surface area (Å²) in [5.74, 6) is -2.49. The molecule has 4 rings (SSSR count). The predicted molar refractivity (Wildman–Crippen MR) is 100 cm³/mol. The molecule has 1 heterocycles. The predicted octanol–water partition coefficient (Wildman–Crippen LogP) is 4.35. The first-order chi connectivity index (χ1) is 13.5. The van der Waals surface area contributed by atoms with E-state index in [4.69, 9.17) is 0 Å². The van der Waals surface area contributed by atoms with Gasteiger partial charge in [-0.2, -0.15) is 0 Å². The Morgan fingerprint density at radius 3 is 2.32 bits per heavy atom. The third-order valence-corrected chi connectivity index (χ3v) is 4.82. The third-order valence-electron chi connectivity index (χ3n) is 4.82. The summed E-state index contributed by atoms with van der Waals surface area (Å²) in [5, 5.41) is 5.86. The fraction of sp³-hybridized carbons (Fsp3) is 0.136. The lowest BCUT2D eigenvalue weighted by Gasteiger charge is -2.20. The van der Waals surface area contributed by atoms with Gasteiger partial charge in [0, 0.05) is 24.2 Å². The molecule has 3 nitrogen and oxygen atoms in total. The molecule has 0 saturated heterocycles. The fourth-order valence-electron chi connectivity index (χ4n) is 3.61. The van der Waals surface area contributed by atoms with Gasteiger partial charge in [0.1, 0.15) is 23.5 Å². The summed E-state index contributed by atoms with van der Waals surface area (Å²) in [6.45, 7) is -0.0160. The number of benzene rings is 3. The van der Waals surface area contributed by atoms with Crippen LogP contribution in [-0.2, 0) is 11.3 Å². The maximum absolute atomic E-state index is 13.8. The van der Waals surface area contributed by atoms with E-state index < -0.39 is 17.7 Å². The maximum atomic E-state index is 13.8. The zero-order valence-electron chi connectivity index (χ0n) is 14.8. The normalized spacial score (nSPS) is 17.7. The lowest BCUT2D eigenvalue weighted by Crippen LogP contribution is -2.40. The van der Waals surface area contributed by atoms with Crippen molar-refractivity contribution in [1.82, 2.24) is 5.32 Å². The lowest BCUT2D eigenvalue weighted by atomic mass is 9.87. The highest BCUT2D eigenvalue weighted by atomic mass is 19.1. The van der Waals surface area contributed by atoms with E-state index in [1.54, 1.807) is 6.07 Å². The number of halogens is 3. The van der Waals surface area contributed by atoms with Gasteiger partial charge in [-0.25, -0.2) is 13.2 Å². The van der Waals surface area contributed by atoms with Gasteiger partial charge in [-0.1, -0.05) is 30.3 Å². The van der Waals surface area contributed by atoms with Crippen LogP contribution in [0.3, 0.4) is 0 Å². The number of rotatable bonds is 4. The second kappa shape index (κ2) is 7.38. The molecule has 1 aliphatic heterocycles. The first-order valence-corrected chi connectivity index (χ1v) is 8.85. The van der Waals surface area contributed by atoms with E-state index in [-0.39, 0.29) is 24.2 Å². The quantitative estimate of drug-likeness (QED) is 0.705. The summed E-state index contributed by atoms with van der Waals surface area (Å²) >= 11 is 0. The van der Waals surface area contributed by atoms with Gasteiger partial charge in [0.15, 0.2) is 0 Å². The van der Waals surface area contributed by atoms with Crippen molar-refractivity contribution in [3.05, 3.63) is 101 Å². The number of carbonyl (C=O) groups excluding carboxylic acids is 1. The lowest BCUT2D eigenvalue weighted by molar-refractivity contribution is -0.122. The molecule has 0 saturated carbocycles. The van der Waals surface area contributed by atoms with E-state index in [1.165, 1.54) is 24.3 Å². The number of amides is 1. The minimum Gasteiger partial charge on any atom is -0.373 e. The highest BCUT2D eigenvalue weighted by molar-refractivity contribution is 5.89. The number of nitrogens with one attached hydrogen (secondary N) is 2. The Balaban J connectivity index is 1.59. The molecule has 2 unspecified atom stereocenters. The van der Waals surface area contributed by atoms with Gasteiger partial charge in [0.05, 0.1) is 0 Å². The van der Waals surface area contributed by atoms with E-state index in [0.29, 0.717) is 16.8 Å². The number of fused-ring (bicyclic) bond motifs is 1. The molecular weight excluding hydrogens is 365 g/mol. The SMILES string of the molecule is O=C(NCc1cc(F)cc(F)c1)C1Nc2ccc(F)cc2C1c1ccccc1. The van der Waals surface area contributed by atoms with Gasteiger partial charge in [-0.15, -0.1) is 0 Å². The summed E-state index contributed by atoms with van der Waals surface area (Å²) < 4.78 is 40.5. The summed E-state index contributed by atoms with van der Waals surface area (Å²) in [5.41, 5.74) is 2.58. The van der Waals surface area contributed by atoms with Gasteiger partial charge in [0.2, 0.25) is 5.91 Å². The Morgan fingerprint density at radius 1 is 0.893 bits per heavy atom. The third kappa shape index (κ3) is 3.58. The minimum absolute atomic E-state index is 0.0160. The van der Waals surface area contributed by atoms with Crippen LogP contribution in [0.1, 0.15) is 22.6 Å². The highest BCUT2D eigenvalue weighted by Crippen LogP contribution is 2.40. The summed E-state index contributed by atoms with van der Waals surface area (Å²) in [6.07, 6.45) is 0. The molecule has 1 amide bonds. The Bertz CT molecular complexity index is 1000. The van der Waals surface area contributed by atoms with Crippen molar-refractivity contribution in [1.29, 1.82) is 0 Å². The first-order valence-electron chi connectivity index (χ1n) is 8.85. The van der Waals surface area contributed by atoms with Crippen molar-refractivity contribution in [3.63, 3.8) is 0 Å². The second-order valence-electron chi connectivity index (χ2n) is 6.74. The van der Waals surface area contributed by atoms with Crippen LogP contribution in [0, 0.1) is 17.5 Å². The molecular formula is C22H17F3N2O. The van der Waals surface area contributed by atoms with Crippen LogP contribution in [0.5, 0.6) is 0 Å². The zero-order chi connectivity index (χ0) is 19.7. The molecule has 0 spiro atoms. The summed E-state index contributed by atoms with van der Waals surface area (Å²) in [6, 6.07) is 16.2. The molecule has 0 aliphatic carbocycles. The molecule has 3 aromatic carbocycles. The number of carbonyl (C=O) groups is 1. The molecule has 6 heteroatoms. The Kier molecular flexibility index (Phi) is 4.77. The molecule has 2 N–H and O–H groups in total. The van der Waals surface area contributed by atoms with Gasteiger partial charge in [0.25, 0.3) is 0 Å². The van der Waals surface area contributed by atoms with Crippen LogP contribution in [0.2, 0.25) is 0 Å². The van der Waals surface area contributed by atoms with Crippen LogP contribution in [0.4, 0.5) is 18.9 Å². The zero-order valence-corrected chi connectivity index (χ0v) is 14.8. The van der Waals surface area contributed by atoms with Crippen molar-refractivity contribution >= 4 is 11.6 Å². The molecule has 0 fully saturated rings. The molecule has 1 aliphatic rings. The molecule has 0 aromatic heterocycles. The number of hydrogen-bond acceptors (Lipinski definition) is 2. The molecule has 0 radical (unpaired) electrons. The maximum Gasteiger partial charge on any atom is 0.243 e. The van der Waals surface area contributed by atoms with Gasteiger partial charge in [-0.05, 0) is 47.0 Å². The summed E-state index contributed by atoms with van der Waals surface area (Å²) in [7, 11) is 0. The highest BCUT2D eigenvalue weighted by Gasteiger charge is 2.38. The van der Waals surface area contributed by atoms with E-state index in [0.717, 1.165) is 11.6 Å². The average Bonchev–Trinajstić information content (AvgIpc) is 3.04. The van der Waals surface area contributed by atoms with Crippen LogP contribution < -0.4 is 10.6 Å². The average molecular weight is 382 g/mol. The van der Waals surface area contributed by atoms with Crippen molar-refractivity contribution < 1.29 is 18.0 Å². The van der Waals surface area contributed by atoms with Crippen molar-refractivity contribution in [2.24, 2.45) is 0 Å². The van der Waals surface area contributed by atoms with Gasteiger partial charge >= 0.3 is 0 Å². The van der Waals surface area contributed by atoms with E-state index >= 15 is 0 Å². The van der Waals surface area contributed by atoms with Crippen LogP contribution in [0.15, 0.2) is 66.7 Å². The van der Waals surface area contributed by atoms with E-state index in [2.05, 4.69) is 10.6 Å². The largest absolute Gasteiger partial charge is 0.373 e. The fourth-order valence-corrected chi connectivity index (χ4v) is 3.61. The Labute approximate surface area is 160 Å². The topological polar surface area (TPSA) is 41.1 Å². The molecule has 28 heavy (non-hydrogen) atoms. The van der Waals surface area contributed by atoms with Crippen molar-refractivity contribution in [2.45, 2.75) is 18.5 Å². The molecule has 2 atom stereocenters. The number of anilines is 1. The van der Waals surface area contributed by atoms with Crippen LogP contribution in [0.25, 0.3) is 0 Å². The minimum atomic E-state index is -0.701.